The number of hydrogen-bond donors (Lipinski definition) is 0. The van der Waals surface area contributed by atoms with Crippen LogP contribution in [0.2, 0.25) is 0 Å². The minimum atomic E-state index is -0.0780. The molecule has 35 heavy (non-hydrogen) atoms. The molecule has 4 aromatic heterocycles. The van der Waals surface area contributed by atoms with Crippen molar-refractivity contribution in [1.29, 1.82) is 0 Å². The first kappa shape index (κ1) is 23.0. The second-order valence-electron chi connectivity index (χ2n) is 8.25. The summed E-state index contributed by atoms with van der Waals surface area (Å²) in [5, 5.41) is 9.90. The van der Waals surface area contributed by atoms with E-state index in [2.05, 4.69) is 51.8 Å². The van der Waals surface area contributed by atoms with E-state index >= 15 is 0 Å². The molecule has 0 saturated heterocycles. The summed E-state index contributed by atoms with van der Waals surface area (Å²) in [6.07, 6.45) is 5.34. The Balaban J connectivity index is 1.60. The Kier molecular flexibility index (Phi) is 6.46. The van der Waals surface area contributed by atoms with Crippen LogP contribution in [0.4, 0.5) is 0 Å². The average Bonchev–Trinajstić information content (AvgIpc) is 3.30. The van der Waals surface area contributed by atoms with E-state index < -0.39 is 0 Å². The summed E-state index contributed by atoms with van der Waals surface area (Å²) in [4.78, 5) is 21.8. The van der Waals surface area contributed by atoms with Gasteiger partial charge < -0.3 is 0 Å². The van der Waals surface area contributed by atoms with Crippen molar-refractivity contribution in [3.05, 3.63) is 99.9 Å². The van der Waals surface area contributed by atoms with E-state index in [1.807, 2.05) is 43.5 Å². The molecule has 4 heterocycles. The van der Waals surface area contributed by atoms with Gasteiger partial charge in [-0.1, -0.05) is 49.9 Å². The van der Waals surface area contributed by atoms with E-state index in [1.165, 1.54) is 22.9 Å². The van der Waals surface area contributed by atoms with Gasteiger partial charge in [-0.15, -0.1) is 10.2 Å². The highest BCUT2D eigenvalue weighted by molar-refractivity contribution is 7.98. The largest absolute Gasteiger partial charge is 0.269 e. The molecule has 0 N–H and O–H groups in total. The summed E-state index contributed by atoms with van der Waals surface area (Å²) in [6, 6.07) is 17.6. The van der Waals surface area contributed by atoms with Gasteiger partial charge in [-0.05, 0) is 55.2 Å². The molecule has 5 aromatic rings. The van der Waals surface area contributed by atoms with Crippen LogP contribution in [0.15, 0.2) is 76.9 Å². The number of hydrogen-bond acceptors (Lipinski definition) is 6. The van der Waals surface area contributed by atoms with Gasteiger partial charge in [0.05, 0.1) is 11.4 Å². The Bertz CT molecular complexity index is 1540. The Morgan fingerprint density at radius 2 is 1.71 bits per heavy atom. The lowest BCUT2D eigenvalue weighted by Crippen LogP contribution is -2.17. The summed E-state index contributed by atoms with van der Waals surface area (Å²) in [5.41, 5.74) is 6.62. The van der Waals surface area contributed by atoms with Crippen molar-refractivity contribution in [2.75, 3.05) is 0 Å². The second-order valence-corrected chi connectivity index (χ2v) is 9.19. The molecule has 0 atom stereocenters. The van der Waals surface area contributed by atoms with E-state index in [0.717, 1.165) is 40.8 Å². The normalized spacial score (nSPS) is 11.3. The van der Waals surface area contributed by atoms with Crippen molar-refractivity contribution < 1.29 is 0 Å². The third-order valence-electron chi connectivity index (χ3n) is 6.02. The first-order valence-corrected chi connectivity index (χ1v) is 12.7. The summed E-state index contributed by atoms with van der Waals surface area (Å²) in [6.45, 7) is 6.23. The van der Waals surface area contributed by atoms with Gasteiger partial charge in [0.1, 0.15) is 5.65 Å². The zero-order valence-electron chi connectivity index (χ0n) is 20.0. The minimum Gasteiger partial charge on any atom is -0.269 e. The van der Waals surface area contributed by atoms with Crippen LogP contribution in [0.1, 0.15) is 36.4 Å². The lowest BCUT2D eigenvalue weighted by atomic mass is 10.0. The molecule has 0 bridgehead atoms. The molecule has 0 fully saturated rings. The van der Waals surface area contributed by atoms with E-state index in [-0.39, 0.29) is 5.56 Å². The molecule has 0 saturated carbocycles. The van der Waals surface area contributed by atoms with Crippen molar-refractivity contribution >= 4 is 17.4 Å². The van der Waals surface area contributed by atoms with E-state index in [9.17, 15) is 4.79 Å². The van der Waals surface area contributed by atoms with Crippen LogP contribution in [-0.2, 0) is 18.6 Å². The third kappa shape index (κ3) is 4.37. The fraction of sp³-hybridized carbons (Fsp3) is 0.222. The number of para-hydroxylation sites is 1. The molecule has 0 aliphatic heterocycles. The lowest BCUT2D eigenvalue weighted by Gasteiger charge is -2.18. The first-order chi connectivity index (χ1) is 17.1. The monoisotopic (exact) mass is 482 g/mol. The Morgan fingerprint density at radius 3 is 2.43 bits per heavy atom. The van der Waals surface area contributed by atoms with Crippen LogP contribution in [0.5, 0.6) is 0 Å². The zero-order valence-corrected chi connectivity index (χ0v) is 20.8. The summed E-state index contributed by atoms with van der Waals surface area (Å²) >= 11 is 1.53. The van der Waals surface area contributed by atoms with Gasteiger partial charge in [0, 0.05) is 35.5 Å². The number of thioether (sulfide) groups is 1. The molecule has 1 aromatic carbocycles. The zero-order chi connectivity index (χ0) is 24.4. The molecule has 0 radical (unpaired) electrons. The van der Waals surface area contributed by atoms with Crippen molar-refractivity contribution in [3.8, 4) is 17.1 Å². The molecule has 7 nitrogen and oxygen atoms in total. The van der Waals surface area contributed by atoms with Gasteiger partial charge in [-0.2, -0.15) is 0 Å². The molecule has 0 unspecified atom stereocenters. The second kappa shape index (κ2) is 9.84. The van der Waals surface area contributed by atoms with Crippen molar-refractivity contribution in [2.45, 2.75) is 44.5 Å². The highest BCUT2D eigenvalue weighted by Gasteiger charge is 2.21. The predicted octanol–water partition coefficient (Wildman–Crippen LogP) is 5.06. The van der Waals surface area contributed by atoms with Gasteiger partial charge in [-0.3, -0.25) is 18.7 Å². The highest BCUT2D eigenvalue weighted by Crippen LogP contribution is 2.33. The summed E-state index contributed by atoms with van der Waals surface area (Å²) in [5.74, 6) is 1.25. The average molecular weight is 483 g/mol. The number of pyridine rings is 2. The first-order valence-electron chi connectivity index (χ1n) is 11.7. The SMILES string of the molecule is CCc1cccc(CC)c1-n1c(SCc2cc(=O)n3c(C)cccc3n2)nnc1-c1cccnc1. The van der Waals surface area contributed by atoms with Crippen LogP contribution < -0.4 is 5.56 Å². The fourth-order valence-corrected chi connectivity index (χ4v) is 5.16. The maximum atomic E-state index is 12.7. The van der Waals surface area contributed by atoms with Gasteiger partial charge >= 0.3 is 0 Å². The molecule has 5 rings (SSSR count). The van der Waals surface area contributed by atoms with E-state index in [1.54, 1.807) is 16.7 Å². The van der Waals surface area contributed by atoms with Crippen molar-refractivity contribution in [1.82, 2.24) is 29.1 Å². The molecule has 0 aliphatic carbocycles. The molecule has 0 spiro atoms. The van der Waals surface area contributed by atoms with Crippen LogP contribution in [-0.4, -0.2) is 29.1 Å². The molecule has 176 valence electrons. The number of aromatic nitrogens is 6. The maximum Gasteiger partial charge on any atom is 0.258 e. The molecule has 0 amide bonds. The Labute approximate surface area is 207 Å². The highest BCUT2D eigenvalue weighted by atomic mass is 32.2. The fourth-order valence-electron chi connectivity index (χ4n) is 4.33. The number of aryl methyl sites for hydroxylation is 3. The van der Waals surface area contributed by atoms with Gasteiger partial charge in [0.2, 0.25) is 0 Å². The van der Waals surface area contributed by atoms with Gasteiger partial charge in [0.15, 0.2) is 11.0 Å². The minimum absolute atomic E-state index is 0.0780. The topological polar surface area (TPSA) is 78.0 Å². The molecule has 0 aliphatic rings. The molecular formula is C27H26N6OS. The standard InChI is InChI=1S/C27H26N6OS/c1-4-19-10-7-11-20(5-2)25(19)33-26(21-12-8-14-28-16-21)30-31-27(33)35-17-22-15-24(34)32-18(3)9-6-13-23(32)29-22/h6-16H,4-5,17H2,1-3H3. The number of benzene rings is 1. The number of nitrogens with zero attached hydrogens (tertiary/aromatic N) is 6. The number of fused-ring (bicyclic) bond motifs is 1. The maximum absolute atomic E-state index is 12.7. The smallest absolute Gasteiger partial charge is 0.258 e. The van der Waals surface area contributed by atoms with Gasteiger partial charge in [-0.25, -0.2) is 4.98 Å². The van der Waals surface area contributed by atoms with Crippen LogP contribution in [0.3, 0.4) is 0 Å². The Hall–Kier alpha value is -3.78. The number of rotatable bonds is 7. The van der Waals surface area contributed by atoms with E-state index in [4.69, 9.17) is 4.98 Å². The van der Waals surface area contributed by atoms with Crippen LogP contribution >= 0.6 is 11.8 Å². The molecule has 8 heteroatoms. The summed E-state index contributed by atoms with van der Waals surface area (Å²) < 4.78 is 3.76. The van der Waals surface area contributed by atoms with Crippen LogP contribution in [0, 0.1) is 6.92 Å². The van der Waals surface area contributed by atoms with E-state index in [0.29, 0.717) is 17.1 Å². The summed E-state index contributed by atoms with van der Waals surface area (Å²) in [7, 11) is 0. The quantitative estimate of drug-likeness (QED) is 0.302. The van der Waals surface area contributed by atoms with Crippen molar-refractivity contribution in [3.63, 3.8) is 0 Å². The third-order valence-corrected chi connectivity index (χ3v) is 6.99. The van der Waals surface area contributed by atoms with Crippen molar-refractivity contribution in [2.24, 2.45) is 0 Å². The lowest BCUT2D eigenvalue weighted by molar-refractivity contribution is 0.856. The van der Waals surface area contributed by atoms with Crippen LogP contribution in [0.25, 0.3) is 22.7 Å². The Morgan fingerprint density at radius 1 is 0.943 bits per heavy atom. The molecular weight excluding hydrogens is 456 g/mol. The predicted molar refractivity (Wildman–Crippen MR) is 139 cm³/mol. The van der Waals surface area contributed by atoms with Gasteiger partial charge in [0.25, 0.3) is 5.56 Å².